The van der Waals surface area contributed by atoms with Crippen LogP contribution in [0.1, 0.15) is 6.42 Å². The highest BCUT2D eigenvalue weighted by Crippen LogP contribution is 2.22. The standard InChI is InChI=1S/C10H11NO4S/c12-9-5-6-11(10(9)13)7-1-3-8(4-2-7)16(14)15/h1-4,9,12,16H,5-6H2/t9-/m1/s1. The first-order chi connectivity index (χ1) is 7.59. The molecule has 1 fully saturated rings. The van der Waals surface area contributed by atoms with E-state index in [0.717, 1.165) is 0 Å². The van der Waals surface area contributed by atoms with Gasteiger partial charge in [-0.1, -0.05) is 0 Å². The molecule has 1 N–H and O–H groups in total. The fourth-order valence-electron chi connectivity index (χ4n) is 1.68. The van der Waals surface area contributed by atoms with E-state index in [0.29, 0.717) is 18.7 Å². The van der Waals surface area contributed by atoms with E-state index in [1.165, 1.54) is 17.0 Å². The summed E-state index contributed by atoms with van der Waals surface area (Å²) in [6, 6.07) is 6.02. The molecule has 0 spiro atoms. The molecule has 86 valence electrons. The number of benzene rings is 1. The Morgan fingerprint density at radius 1 is 1.25 bits per heavy atom. The van der Waals surface area contributed by atoms with E-state index in [1.54, 1.807) is 12.1 Å². The molecule has 1 amide bonds. The fourth-order valence-corrected chi connectivity index (χ4v) is 2.07. The van der Waals surface area contributed by atoms with Crippen molar-refractivity contribution in [2.24, 2.45) is 0 Å². The molecule has 0 radical (unpaired) electrons. The molecule has 1 aromatic carbocycles. The van der Waals surface area contributed by atoms with Gasteiger partial charge in [-0.2, -0.15) is 0 Å². The van der Waals surface area contributed by atoms with Gasteiger partial charge in [0.25, 0.3) is 5.91 Å². The van der Waals surface area contributed by atoms with E-state index in [2.05, 4.69) is 0 Å². The highest BCUT2D eigenvalue weighted by Gasteiger charge is 2.30. The molecule has 1 aliphatic heterocycles. The van der Waals surface area contributed by atoms with E-state index in [4.69, 9.17) is 0 Å². The van der Waals surface area contributed by atoms with Crippen LogP contribution in [0.5, 0.6) is 0 Å². The maximum Gasteiger partial charge on any atom is 0.255 e. The number of hydrogen-bond donors (Lipinski definition) is 2. The SMILES string of the molecule is O=C1[C@H](O)CCN1c1ccc([SH](=O)=O)cc1. The first kappa shape index (κ1) is 11.1. The van der Waals surface area contributed by atoms with Crippen molar-refractivity contribution in [3.05, 3.63) is 24.3 Å². The highest BCUT2D eigenvalue weighted by atomic mass is 32.2. The molecule has 0 unspecified atom stereocenters. The maximum absolute atomic E-state index is 11.5. The summed E-state index contributed by atoms with van der Waals surface area (Å²) >= 11 is 0. The third kappa shape index (κ3) is 1.94. The third-order valence-corrected chi connectivity index (χ3v) is 3.27. The monoisotopic (exact) mass is 241 g/mol. The van der Waals surface area contributed by atoms with Crippen LogP contribution in [-0.2, 0) is 15.5 Å². The second-order valence-corrected chi connectivity index (χ2v) is 4.60. The van der Waals surface area contributed by atoms with E-state index < -0.39 is 16.8 Å². The van der Waals surface area contributed by atoms with Gasteiger partial charge in [-0.05, 0) is 24.3 Å². The molecule has 0 saturated carbocycles. The number of nitrogens with zero attached hydrogens (tertiary/aromatic N) is 1. The summed E-state index contributed by atoms with van der Waals surface area (Å²) in [5.74, 6) is -0.334. The molecule has 1 heterocycles. The first-order valence-electron chi connectivity index (χ1n) is 4.83. The molecule has 5 nitrogen and oxygen atoms in total. The van der Waals surface area contributed by atoms with Crippen LogP contribution in [0.4, 0.5) is 5.69 Å². The van der Waals surface area contributed by atoms with E-state index in [9.17, 15) is 18.3 Å². The van der Waals surface area contributed by atoms with Crippen molar-refractivity contribution in [3.63, 3.8) is 0 Å². The molecular formula is C10H11NO4S. The van der Waals surface area contributed by atoms with Crippen LogP contribution in [0, 0.1) is 0 Å². The van der Waals surface area contributed by atoms with E-state index in [-0.39, 0.29) is 10.8 Å². The lowest BCUT2D eigenvalue weighted by Crippen LogP contribution is -2.28. The summed E-state index contributed by atoms with van der Waals surface area (Å²) in [5.41, 5.74) is 0.613. The number of rotatable bonds is 2. The van der Waals surface area contributed by atoms with Gasteiger partial charge in [0.1, 0.15) is 6.10 Å². The van der Waals surface area contributed by atoms with Crippen LogP contribution >= 0.6 is 0 Å². The number of anilines is 1. The van der Waals surface area contributed by atoms with E-state index in [1.807, 2.05) is 0 Å². The molecule has 0 aliphatic carbocycles. The molecule has 1 saturated heterocycles. The van der Waals surface area contributed by atoms with Crippen molar-refractivity contribution in [3.8, 4) is 0 Å². The summed E-state index contributed by atoms with van der Waals surface area (Å²) in [6.45, 7) is 0.461. The van der Waals surface area contributed by atoms with Crippen molar-refractivity contribution in [1.82, 2.24) is 0 Å². The van der Waals surface area contributed by atoms with Gasteiger partial charge < -0.3 is 10.0 Å². The normalized spacial score (nSPS) is 20.8. The Morgan fingerprint density at radius 2 is 1.88 bits per heavy atom. The number of aliphatic hydroxyl groups is 1. The van der Waals surface area contributed by atoms with Gasteiger partial charge in [0.15, 0.2) is 10.7 Å². The minimum absolute atomic E-state index is 0.214. The highest BCUT2D eigenvalue weighted by molar-refractivity contribution is 7.72. The Bertz CT molecular complexity index is 472. The summed E-state index contributed by atoms with van der Waals surface area (Å²) in [5, 5.41) is 9.28. The Hall–Kier alpha value is -1.40. The molecule has 6 heteroatoms. The summed E-state index contributed by atoms with van der Waals surface area (Å²) in [7, 11) is -2.59. The van der Waals surface area contributed by atoms with Crippen molar-refractivity contribution in [2.75, 3.05) is 11.4 Å². The van der Waals surface area contributed by atoms with Gasteiger partial charge in [-0.3, -0.25) is 4.79 Å². The number of carbonyl (C=O) groups excluding carboxylic acids is 1. The maximum atomic E-state index is 11.5. The lowest BCUT2D eigenvalue weighted by Gasteiger charge is -2.15. The molecule has 2 rings (SSSR count). The van der Waals surface area contributed by atoms with Crippen LogP contribution in [0.2, 0.25) is 0 Å². The summed E-state index contributed by atoms with van der Waals surface area (Å²) in [4.78, 5) is 13.1. The zero-order valence-corrected chi connectivity index (χ0v) is 9.26. The zero-order chi connectivity index (χ0) is 11.7. The smallest absolute Gasteiger partial charge is 0.255 e. The second-order valence-electron chi connectivity index (χ2n) is 3.57. The molecule has 1 aromatic rings. The van der Waals surface area contributed by atoms with Crippen molar-refractivity contribution < 1.29 is 18.3 Å². The van der Waals surface area contributed by atoms with Crippen LogP contribution in [0.15, 0.2) is 29.2 Å². The number of hydrogen-bond acceptors (Lipinski definition) is 4. The Kier molecular flexibility index (Phi) is 2.93. The van der Waals surface area contributed by atoms with Gasteiger partial charge in [-0.25, -0.2) is 8.42 Å². The third-order valence-electron chi connectivity index (χ3n) is 2.55. The predicted molar refractivity (Wildman–Crippen MR) is 58.0 cm³/mol. The van der Waals surface area contributed by atoms with Crippen LogP contribution in [0.3, 0.4) is 0 Å². The molecule has 0 aromatic heterocycles. The Labute approximate surface area is 94.3 Å². The van der Waals surface area contributed by atoms with Gasteiger partial charge in [0.05, 0.1) is 4.90 Å². The predicted octanol–water partition coefficient (Wildman–Crippen LogP) is -0.245. The lowest BCUT2D eigenvalue weighted by atomic mass is 10.3. The zero-order valence-electron chi connectivity index (χ0n) is 8.37. The summed E-state index contributed by atoms with van der Waals surface area (Å²) in [6.07, 6.45) is -0.521. The number of carbonyl (C=O) groups is 1. The molecule has 1 aliphatic rings. The largest absolute Gasteiger partial charge is 0.383 e. The molecular weight excluding hydrogens is 230 g/mol. The number of aliphatic hydroxyl groups excluding tert-OH is 1. The van der Waals surface area contributed by atoms with Crippen LogP contribution in [0.25, 0.3) is 0 Å². The number of thiol groups is 1. The van der Waals surface area contributed by atoms with Crippen LogP contribution in [-0.4, -0.2) is 32.1 Å². The van der Waals surface area contributed by atoms with Gasteiger partial charge in [0.2, 0.25) is 0 Å². The van der Waals surface area contributed by atoms with Gasteiger partial charge in [-0.15, -0.1) is 0 Å². The average Bonchev–Trinajstić information content (AvgIpc) is 2.60. The molecule has 0 bridgehead atoms. The van der Waals surface area contributed by atoms with Crippen molar-refractivity contribution in [1.29, 1.82) is 0 Å². The number of amides is 1. The minimum atomic E-state index is -2.59. The second kappa shape index (κ2) is 4.23. The summed E-state index contributed by atoms with van der Waals surface area (Å²) < 4.78 is 21.3. The van der Waals surface area contributed by atoms with Crippen molar-refractivity contribution in [2.45, 2.75) is 17.4 Å². The van der Waals surface area contributed by atoms with Gasteiger partial charge >= 0.3 is 0 Å². The molecule has 16 heavy (non-hydrogen) atoms. The fraction of sp³-hybridized carbons (Fsp3) is 0.300. The Morgan fingerprint density at radius 3 is 2.31 bits per heavy atom. The average molecular weight is 241 g/mol. The van der Waals surface area contributed by atoms with Crippen molar-refractivity contribution >= 4 is 22.3 Å². The van der Waals surface area contributed by atoms with E-state index >= 15 is 0 Å². The van der Waals surface area contributed by atoms with Gasteiger partial charge in [0, 0.05) is 18.7 Å². The topological polar surface area (TPSA) is 74.7 Å². The Balaban J connectivity index is 2.26. The quantitative estimate of drug-likeness (QED) is 0.700. The lowest BCUT2D eigenvalue weighted by molar-refractivity contribution is -0.123. The minimum Gasteiger partial charge on any atom is -0.383 e. The van der Waals surface area contributed by atoms with Crippen LogP contribution < -0.4 is 4.90 Å². The molecule has 1 atom stereocenters. The first-order valence-corrected chi connectivity index (χ1v) is 6.01.